The number of ether oxygens (including phenoxy) is 1. The Kier molecular flexibility index (Phi) is 3.28. The van der Waals surface area contributed by atoms with E-state index in [1.54, 1.807) is 13.0 Å². The van der Waals surface area contributed by atoms with Crippen LogP contribution in [0.15, 0.2) is 36.5 Å². The van der Waals surface area contributed by atoms with Gasteiger partial charge in [-0.05, 0) is 19.1 Å². The molecule has 0 saturated carbocycles. The summed E-state index contributed by atoms with van der Waals surface area (Å²) in [5.74, 6) is -0.305. The van der Waals surface area contributed by atoms with Gasteiger partial charge in [-0.1, -0.05) is 18.2 Å². The van der Waals surface area contributed by atoms with Gasteiger partial charge in [0.05, 0.1) is 6.61 Å². The lowest BCUT2D eigenvalue weighted by Gasteiger charge is -1.94. The summed E-state index contributed by atoms with van der Waals surface area (Å²) in [7, 11) is 1.99. The van der Waals surface area contributed by atoms with Crippen LogP contribution in [0.4, 0.5) is 0 Å². The summed E-state index contributed by atoms with van der Waals surface area (Å²) in [5, 5.41) is 1.13. The van der Waals surface area contributed by atoms with Gasteiger partial charge in [-0.15, -0.1) is 0 Å². The first-order valence-corrected chi connectivity index (χ1v) is 5.61. The predicted molar refractivity (Wildman–Crippen MR) is 68.6 cm³/mol. The summed E-state index contributed by atoms with van der Waals surface area (Å²) in [6.07, 6.45) is 5.26. The average Bonchev–Trinajstić information content (AvgIpc) is 2.65. The van der Waals surface area contributed by atoms with Gasteiger partial charge < -0.3 is 9.30 Å². The first-order valence-electron chi connectivity index (χ1n) is 5.61. The fourth-order valence-electron chi connectivity index (χ4n) is 1.85. The predicted octanol–water partition coefficient (Wildman–Crippen LogP) is 2.75. The van der Waals surface area contributed by atoms with Crippen LogP contribution in [0.5, 0.6) is 0 Å². The molecule has 3 heteroatoms. The molecule has 0 aliphatic carbocycles. The smallest absolute Gasteiger partial charge is 0.330 e. The highest BCUT2D eigenvalue weighted by atomic mass is 16.5. The van der Waals surface area contributed by atoms with Crippen molar-refractivity contribution in [2.24, 2.45) is 7.05 Å². The molecule has 0 aliphatic rings. The zero-order valence-electron chi connectivity index (χ0n) is 10.0. The van der Waals surface area contributed by atoms with Gasteiger partial charge in [-0.25, -0.2) is 4.79 Å². The van der Waals surface area contributed by atoms with Crippen molar-refractivity contribution in [3.63, 3.8) is 0 Å². The van der Waals surface area contributed by atoms with Crippen LogP contribution in [0, 0.1) is 0 Å². The van der Waals surface area contributed by atoms with Crippen molar-refractivity contribution in [1.82, 2.24) is 4.57 Å². The van der Waals surface area contributed by atoms with E-state index in [9.17, 15) is 4.79 Å². The molecule has 3 nitrogen and oxygen atoms in total. The van der Waals surface area contributed by atoms with Crippen molar-refractivity contribution < 1.29 is 9.53 Å². The average molecular weight is 229 g/mol. The van der Waals surface area contributed by atoms with Crippen molar-refractivity contribution in [2.45, 2.75) is 6.92 Å². The third-order valence-electron chi connectivity index (χ3n) is 2.61. The molecule has 1 heterocycles. The van der Waals surface area contributed by atoms with E-state index in [2.05, 4.69) is 6.07 Å². The lowest BCUT2D eigenvalue weighted by Crippen LogP contribution is -1.98. The Morgan fingerprint density at radius 2 is 2.18 bits per heavy atom. The van der Waals surface area contributed by atoms with E-state index >= 15 is 0 Å². The van der Waals surface area contributed by atoms with Crippen LogP contribution in [-0.2, 0) is 16.6 Å². The topological polar surface area (TPSA) is 31.2 Å². The maximum Gasteiger partial charge on any atom is 0.330 e. The van der Waals surface area contributed by atoms with Crippen LogP contribution in [0.3, 0.4) is 0 Å². The Hall–Kier alpha value is -2.03. The third kappa shape index (κ3) is 2.38. The van der Waals surface area contributed by atoms with E-state index in [-0.39, 0.29) is 5.97 Å². The molecule has 88 valence electrons. The normalized spacial score (nSPS) is 11.2. The lowest BCUT2D eigenvalue weighted by atomic mass is 10.1. The summed E-state index contributed by atoms with van der Waals surface area (Å²) in [4.78, 5) is 11.2. The van der Waals surface area contributed by atoms with Gasteiger partial charge in [-0.3, -0.25) is 0 Å². The number of hydrogen-bond acceptors (Lipinski definition) is 2. The molecule has 0 atom stereocenters. The van der Waals surface area contributed by atoms with E-state index in [1.807, 2.05) is 36.0 Å². The Balaban J connectivity index is 2.33. The molecule has 0 saturated heterocycles. The van der Waals surface area contributed by atoms with E-state index in [0.29, 0.717) is 6.61 Å². The number of benzene rings is 1. The summed E-state index contributed by atoms with van der Waals surface area (Å²) in [6, 6.07) is 8.09. The Labute approximate surface area is 100 Å². The number of esters is 1. The molecule has 0 aliphatic heterocycles. The number of fused-ring (bicyclic) bond motifs is 1. The van der Waals surface area contributed by atoms with Gasteiger partial charge in [0, 0.05) is 35.8 Å². The zero-order valence-corrected chi connectivity index (χ0v) is 10.0. The fraction of sp³-hybridized carbons (Fsp3) is 0.214. The largest absolute Gasteiger partial charge is 0.463 e. The molecule has 2 rings (SSSR count). The molecule has 1 aromatic carbocycles. The molecule has 17 heavy (non-hydrogen) atoms. The summed E-state index contributed by atoms with van der Waals surface area (Å²) >= 11 is 0. The number of carbonyl (C=O) groups excluding carboxylic acids is 1. The first kappa shape index (κ1) is 11.5. The Morgan fingerprint density at radius 3 is 2.94 bits per heavy atom. The number of aryl methyl sites for hydroxylation is 1. The zero-order chi connectivity index (χ0) is 12.3. The molecule has 0 spiro atoms. The first-order chi connectivity index (χ1) is 8.22. The van der Waals surface area contributed by atoms with E-state index in [4.69, 9.17) is 4.74 Å². The molecule has 2 aromatic rings. The minimum atomic E-state index is -0.305. The third-order valence-corrected chi connectivity index (χ3v) is 2.61. The van der Waals surface area contributed by atoms with Crippen molar-refractivity contribution in [1.29, 1.82) is 0 Å². The van der Waals surface area contributed by atoms with Crippen LogP contribution in [0.2, 0.25) is 0 Å². The van der Waals surface area contributed by atoms with Gasteiger partial charge in [0.15, 0.2) is 0 Å². The number of aromatic nitrogens is 1. The number of rotatable bonds is 3. The second-order valence-electron chi connectivity index (χ2n) is 3.80. The quantitative estimate of drug-likeness (QED) is 0.598. The SMILES string of the molecule is CCOC(=O)/C=C\c1cn(C)c2ccccc12. The minimum Gasteiger partial charge on any atom is -0.463 e. The number of para-hydroxylation sites is 1. The van der Waals surface area contributed by atoms with Gasteiger partial charge in [0.2, 0.25) is 0 Å². The van der Waals surface area contributed by atoms with Gasteiger partial charge in [0.25, 0.3) is 0 Å². The van der Waals surface area contributed by atoms with Crippen LogP contribution >= 0.6 is 0 Å². The molecule has 0 unspecified atom stereocenters. The van der Waals surface area contributed by atoms with Crippen LogP contribution < -0.4 is 0 Å². The lowest BCUT2D eigenvalue weighted by molar-refractivity contribution is -0.137. The highest BCUT2D eigenvalue weighted by Gasteiger charge is 2.03. The summed E-state index contributed by atoms with van der Waals surface area (Å²) in [6.45, 7) is 2.20. The highest BCUT2D eigenvalue weighted by Crippen LogP contribution is 2.21. The fourth-order valence-corrected chi connectivity index (χ4v) is 1.85. The maximum absolute atomic E-state index is 11.2. The highest BCUT2D eigenvalue weighted by molar-refractivity contribution is 5.94. The second-order valence-corrected chi connectivity index (χ2v) is 3.80. The number of nitrogens with zero attached hydrogens (tertiary/aromatic N) is 1. The van der Waals surface area contributed by atoms with Gasteiger partial charge >= 0.3 is 5.97 Å². The molecule has 1 aromatic heterocycles. The minimum absolute atomic E-state index is 0.305. The van der Waals surface area contributed by atoms with Crippen LogP contribution in [0.1, 0.15) is 12.5 Å². The van der Waals surface area contributed by atoms with Gasteiger partial charge in [-0.2, -0.15) is 0 Å². The van der Waals surface area contributed by atoms with E-state index in [1.165, 1.54) is 6.08 Å². The van der Waals surface area contributed by atoms with Crippen molar-refractivity contribution in [2.75, 3.05) is 6.61 Å². The monoisotopic (exact) mass is 229 g/mol. The molecular weight excluding hydrogens is 214 g/mol. The Bertz CT molecular complexity index is 567. The number of hydrogen-bond donors (Lipinski definition) is 0. The molecular formula is C14H15NO2. The molecule has 0 bridgehead atoms. The molecule has 0 radical (unpaired) electrons. The maximum atomic E-state index is 11.2. The Morgan fingerprint density at radius 1 is 1.41 bits per heavy atom. The molecule has 0 amide bonds. The van der Waals surface area contributed by atoms with E-state index < -0.39 is 0 Å². The van der Waals surface area contributed by atoms with Crippen LogP contribution in [0.25, 0.3) is 17.0 Å². The number of carbonyl (C=O) groups is 1. The van der Waals surface area contributed by atoms with Crippen molar-refractivity contribution in [3.8, 4) is 0 Å². The molecule has 0 N–H and O–H groups in total. The van der Waals surface area contributed by atoms with Crippen molar-refractivity contribution >= 4 is 22.9 Å². The van der Waals surface area contributed by atoms with Crippen LogP contribution in [-0.4, -0.2) is 17.1 Å². The summed E-state index contributed by atoms with van der Waals surface area (Å²) < 4.78 is 6.89. The second kappa shape index (κ2) is 4.87. The standard InChI is InChI=1S/C14H15NO2/c1-3-17-14(16)9-8-11-10-15(2)13-7-5-4-6-12(11)13/h4-10H,3H2,1-2H3/b9-8-. The van der Waals surface area contributed by atoms with Gasteiger partial charge in [0.1, 0.15) is 0 Å². The van der Waals surface area contributed by atoms with E-state index in [0.717, 1.165) is 16.5 Å². The van der Waals surface area contributed by atoms with Crippen molar-refractivity contribution in [3.05, 3.63) is 42.1 Å². The molecule has 0 fully saturated rings. The summed E-state index contributed by atoms with van der Waals surface area (Å²) in [5.41, 5.74) is 2.17.